The first kappa shape index (κ1) is 12.5. The van der Waals surface area contributed by atoms with E-state index in [1.807, 2.05) is 6.07 Å². The van der Waals surface area contributed by atoms with Gasteiger partial charge < -0.3 is 4.90 Å². The van der Waals surface area contributed by atoms with Crippen molar-refractivity contribution in [3.05, 3.63) is 19.2 Å². The number of thiophene rings is 1. The fraction of sp³-hybridized carbons (Fsp3) is 0.375. The van der Waals surface area contributed by atoms with Crippen LogP contribution < -0.4 is 0 Å². The van der Waals surface area contributed by atoms with Gasteiger partial charge in [0.1, 0.15) is 0 Å². The first-order valence-corrected chi connectivity index (χ1v) is 6.76. The maximum absolute atomic E-state index is 11.7. The van der Waals surface area contributed by atoms with Crippen molar-refractivity contribution in [1.29, 1.82) is 0 Å². The van der Waals surface area contributed by atoms with Crippen molar-refractivity contribution in [1.82, 2.24) is 4.90 Å². The van der Waals surface area contributed by atoms with Gasteiger partial charge in [-0.3, -0.25) is 4.79 Å². The summed E-state index contributed by atoms with van der Waals surface area (Å²) in [6.45, 7) is 0.563. The third-order valence-corrected chi connectivity index (χ3v) is 5.04. The predicted octanol–water partition coefficient (Wildman–Crippen LogP) is 3.58. The standard InChI is InChI=1S/C8H8Br2ClNOS/c1-12(3-2-11)8(13)6-4-5(9)7(10)14-6/h4H,2-3H2,1H3. The van der Waals surface area contributed by atoms with E-state index in [-0.39, 0.29) is 5.91 Å². The Bertz CT molecular complexity index is 323. The van der Waals surface area contributed by atoms with Crippen molar-refractivity contribution in [2.24, 2.45) is 0 Å². The molecule has 2 nitrogen and oxygen atoms in total. The molecule has 0 spiro atoms. The Morgan fingerprint density at radius 2 is 2.29 bits per heavy atom. The predicted molar refractivity (Wildman–Crippen MR) is 67.4 cm³/mol. The van der Waals surface area contributed by atoms with E-state index in [9.17, 15) is 4.79 Å². The summed E-state index contributed by atoms with van der Waals surface area (Å²) in [5, 5.41) is 0. The van der Waals surface area contributed by atoms with E-state index in [2.05, 4.69) is 31.9 Å². The van der Waals surface area contributed by atoms with Crippen LogP contribution in [0.3, 0.4) is 0 Å². The van der Waals surface area contributed by atoms with Crippen molar-refractivity contribution in [2.45, 2.75) is 0 Å². The number of amides is 1. The molecule has 0 radical (unpaired) electrons. The second-order valence-corrected chi connectivity index (χ2v) is 6.25. The molecule has 0 aliphatic heterocycles. The first-order valence-electron chi connectivity index (χ1n) is 3.82. The highest BCUT2D eigenvalue weighted by Crippen LogP contribution is 2.32. The minimum absolute atomic E-state index is 0.00190. The molecule has 1 aromatic heterocycles. The first-order chi connectivity index (χ1) is 6.56. The zero-order valence-electron chi connectivity index (χ0n) is 7.39. The second kappa shape index (κ2) is 5.49. The van der Waals surface area contributed by atoms with Crippen LogP contribution in [-0.4, -0.2) is 30.3 Å². The molecule has 1 heterocycles. The molecule has 78 valence electrons. The Labute approximate surface area is 108 Å². The molecule has 0 aliphatic carbocycles. The summed E-state index contributed by atoms with van der Waals surface area (Å²) in [6, 6.07) is 1.81. The van der Waals surface area contributed by atoms with Crippen LogP contribution in [0.5, 0.6) is 0 Å². The summed E-state index contributed by atoms with van der Waals surface area (Å²) >= 11 is 13.7. The van der Waals surface area contributed by atoms with E-state index in [4.69, 9.17) is 11.6 Å². The monoisotopic (exact) mass is 359 g/mol. The molecule has 0 N–H and O–H groups in total. The van der Waals surface area contributed by atoms with Crippen LogP contribution in [-0.2, 0) is 0 Å². The van der Waals surface area contributed by atoms with Crippen molar-refractivity contribution >= 4 is 60.7 Å². The summed E-state index contributed by atoms with van der Waals surface area (Å²) in [5.41, 5.74) is 0. The van der Waals surface area contributed by atoms with Crippen molar-refractivity contribution in [3.63, 3.8) is 0 Å². The molecule has 0 unspecified atom stereocenters. The minimum Gasteiger partial charge on any atom is -0.340 e. The summed E-state index contributed by atoms with van der Waals surface area (Å²) in [5.74, 6) is 0.456. The van der Waals surface area contributed by atoms with Crippen LogP contribution in [0.15, 0.2) is 14.3 Å². The molecule has 0 saturated heterocycles. The maximum Gasteiger partial charge on any atom is 0.263 e. The average molecular weight is 361 g/mol. The lowest BCUT2D eigenvalue weighted by atomic mass is 10.4. The Balaban J connectivity index is 2.79. The third kappa shape index (κ3) is 2.95. The highest BCUT2D eigenvalue weighted by atomic mass is 79.9. The van der Waals surface area contributed by atoms with Gasteiger partial charge in [0.25, 0.3) is 5.91 Å². The molecule has 0 bridgehead atoms. The molecule has 0 aliphatic rings. The SMILES string of the molecule is CN(CCCl)C(=O)c1cc(Br)c(Br)s1. The zero-order chi connectivity index (χ0) is 10.7. The Hall–Kier alpha value is 0.420. The molecule has 1 aromatic rings. The molecule has 0 saturated carbocycles. The van der Waals surface area contributed by atoms with Gasteiger partial charge in [0.2, 0.25) is 0 Å². The Morgan fingerprint density at radius 3 is 2.71 bits per heavy atom. The number of nitrogens with zero attached hydrogens (tertiary/aromatic N) is 1. The van der Waals surface area contributed by atoms with E-state index in [0.717, 1.165) is 8.26 Å². The zero-order valence-corrected chi connectivity index (χ0v) is 12.1. The summed E-state index contributed by atoms with van der Waals surface area (Å²) in [6.07, 6.45) is 0. The highest BCUT2D eigenvalue weighted by molar-refractivity contribution is 9.13. The quantitative estimate of drug-likeness (QED) is 0.754. The summed E-state index contributed by atoms with van der Waals surface area (Å²) < 4.78 is 1.84. The van der Waals surface area contributed by atoms with E-state index < -0.39 is 0 Å². The third-order valence-electron chi connectivity index (χ3n) is 1.62. The molecular weight excluding hydrogens is 353 g/mol. The number of rotatable bonds is 3. The van der Waals surface area contributed by atoms with Gasteiger partial charge in [0, 0.05) is 23.9 Å². The van der Waals surface area contributed by atoms with Crippen LogP contribution in [0, 0.1) is 0 Å². The smallest absolute Gasteiger partial charge is 0.263 e. The second-order valence-electron chi connectivity index (χ2n) is 2.65. The van der Waals surface area contributed by atoms with Crippen molar-refractivity contribution < 1.29 is 4.79 Å². The molecule has 0 aromatic carbocycles. The number of hydrogen-bond acceptors (Lipinski definition) is 2. The van der Waals surface area contributed by atoms with Crippen LogP contribution >= 0.6 is 54.8 Å². The van der Waals surface area contributed by atoms with Gasteiger partial charge in [-0.05, 0) is 37.9 Å². The number of carbonyl (C=O) groups excluding carboxylic acids is 1. The molecule has 6 heteroatoms. The maximum atomic E-state index is 11.7. The van der Waals surface area contributed by atoms with E-state index in [1.165, 1.54) is 11.3 Å². The topological polar surface area (TPSA) is 20.3 Å². The fourth-order valence-electron chi connectivity index (χ4n) is 0.868. The van der Waals surface area contributed by atoms with Gasteiger partial charge in [0.05, 0.1) is 8.66 Å². The molecule has 1 rings (SSSR count). The summed E-state index contributed by atoms with van der Waals surface area (Å²) in [4.78, 5) is 14.0. The van der Waals surface area contributed by atoms with Gasteiger partial charge in [-0.15, -0.1) is 22.9 Å². The normalized spacial score (nSPS) is 10.3. The lowest BCUT2D eigenvalue weighted by molar-refractivity contribution is 0.0808. The number of hydrogen-bond donors (Lipinski definition) is 0. The Morgan fingerprint density at radius 1 is 1.64 bits per heavy atom. The van der Waals surface area contributed by atoms with E-state index in [0.29, 0.717) is 17.3 Å². The number of halogens is 3. The van der Waals surface area contributed by atoms with E-state index in [1.54, 1.807) is 11.9 Å². The largest absolute Gasteiger partial charge is 0.340 e. The van der Waals surface area contributed by atoms with Gasteiger partial charge in [-0.1, -0.05) is 0 Å². The molecular formula is C8H8Br2ClNOS. The van der Waals surface area contributed by atoms with Gasteiger partial charge in [-0.2, -0.15) is 0 Å². The fourth-order valence-corrected chi connectivity index (χ4v) is 3.15. The van der Waals surface area contributed by atoms with Crippen molar-refractivity contribution in [3.8, 4) is 0 Å². The summed E-state index contributed by atoms with van der Waals surface area (Å²) in [7, 11) is 1.74. The average Bonchev–Trinajstić information content (AvgIpc) is 2.46. The minimum atomic E-state index is 0.00190. The molecule has 0 fully saturated rings. The lowest BCUT2D eigenvalue weighted by Gasteiger charge is -2.13. The Kier molecular flexibility index (Phi) is 4.90. The van der Waals surface area contributed by atoms with E-state index >= 15 is 0 Å². The van der Waals surface area contributed by atoms with Gasteiger partial charge >= 0.3 is 0 Å². The lowest BCUT2D eigenvalue weighted by Crippen LogP contribution is -2.27. The van der Waals surface area contributed by atoms with Gasteiger partial charge in [0.15, 0.2) is 0 Å². The molecule has 1 amide bonds. The number of carbonyl (C=O) groups is 1. The molecule has 0 atom stereocenters. The van der Waals surface area contributed by atoms with Gasteiger partial charge in [-0.25, -0.2) is 0 Å². The molecule has 14 heavy (non-hydrogen) atoms. The van der Waals surface area contributed by atoms with Crippen LogP contribution in [0.2, 0.25) is 0 Å². The van der Waals surface area contributed by atoms with Crippen LogP contribution in [0.1, 0.15) is 9.67 Å². The van der Waals surface area contributed by atoms with Crippen molar-refractivity contribution in [2.75, 3.05) is 19.5 Å². The van der Waals surface area contributed by atoms with Crippen LogP contribution in [0.25, 0.3) is 0 Å². The number of alkyl halides is 1. The van der Waals surface area contributed by atoms with Crippen LogP contribution in [0.4, 0.5) is 0 Å². The highest BCUT2D eigenvalue weighted by Gasteiger charge is 2.15.